The number of aromatic nitrogens is 2. The molecule has 0 atom stereocenters. The number of aromatic amines is 1. The number of rotatable bonds is 5. The van der Waals surface area contributed by atoms with E-state index in [4.69, 9.17) is 0 Å². The summed E-state index contributed by atoms with van der Waals surface area (Å²) in [5.41, 5.74) is 3.65. The van der Waals surface area contributed by atoms with Crippen LogP contribution in [0.25, 0.3) is 0 Å². The van der Waals surface area contributed by atoms with Gasteiger partial charge in [-0.05, 0) is 49.7 Å². The predicted molar refractivity (Wildman–Crippen MR) is 76.9 cm³/mol. The van der Waals surface area contributed by atoms with Gasteiger partial charge in [0.25, 0.3) is 0 Å². The summed E-state index contributed by atoms with van der Waals surface area (Å²) in [6, 6.07) is 10.7. The molecule has 1 saturated heterocycles. The maximum Gasteiger partial charge on any atom is 0.0567 e. The molecular formula is C15H20N4. The fraction of sp³-hybridized carbons (Fsp3) is 0.400. The van der Waals surface area contributed by atoms with E-state index >= 15 is 0 Å². The third kappa shape index (κ3) is 3.35. The highest BCUT2D eigenvalue weighted by molar-refractivity contribution is 5.44. The zero-order valence-corrected chi connectivity index (χ0v) is 11.1. The molecule has 0 bridgehead atoms. The van der Waals surface area contributed by atoms with E-state index in [1.165, 1.54) is 31.5 Å². The number of nitrogens with one attached hydrogen (secondary N) is 2. The van der Waals surface area contributed by atoms with E-state index in [0.717, 1.165) is 24.5 Å². The van der Waals surface area contributed by atoms with Gasteiger partial charge in [-0.1, -0.05) is 12.1 Å². The van der Waals surface area contributed by atoms with Gasteiger partial charge < -0.3 is 5.32 Å². The van der Waals surface area contributed by atoms with Crippen molar-refractivity contribution in [2.75, 3.05) is 18.4 Å². The molecule has 2 aromatic rings. The maximum absolute atomic E-state index is 3.94. The van der Waals surface area contributed by atoms with Crippen molar-refractivity contribution < 1.29 is 0 Å². The van der Waals surface area contributed by atoms with E-state index < -0.39 is 0 Å². The van der Waals surface area contributed by atoms with Crippen LogP contribution >= 0.6 is 0 Å². The minimum absolute atomic E-state index is 0.783. The van der Waals surface area contributed by atoms with Gasteiger partial charge in [0.15, 0.2) is 0 Å². The highest BCUT2D eigenvalue weighted by atomic mass is 15.1. The molecular weight excluding hydrogens is 236 g/mol. The number of hydrogen-bond acceptors (Lipinski definition) is 3. The van der Waals surface area contributed by atoms with Crippen molar-refractivity contribution >= 4 is 5.69 Å². The molecule has 0 radical (unpaired) electrons. The molecule has 0 saturated carbocycles. The van der Waals surface area contributed by atoms with Crippen LogP contribution in [0.2, 0.25) is 0 Å². The summed E-state index contributed by atoms with van der Waals surface area (Å²) in [6.45, 7) is 4.37. The van der Waals surface area contributed by atoms with Crippen LogP contribution in [0.5, 0.6) is 0 Å². The Kier molecular flexibility index (Phi) is 3.79. The van der Waals surface area contributed by atoms with Crippen molar-refractivity contribution in [3.63, 3.8) is 0 Å². The van der Waals surface area contributed by atoms with Gasteiger partial charge in [0.05, 0.1) is 12.2 Å². The first kappa shape index (κ1) is 12.2. The number of H-pyrrole nitrogens is 1. The Morgan fingerprint density at radius 3 is 2.58 bits per heavy atom. The molecule has 2 N–H and O–H groups in total. The molecule has 4 nitrogen and oxygen atoms in total. The van der Waals surface area contributed by atoms with Crippen LogP contribution in [-0.2, 0) is 13.1 Å². The fourth-order valence-corrected chi connectivity index (χ4v) is 2.51. The van der Waals surface area contributed by atoms with Gasteiger partial charge in [0.1, 0.15) is 0 Å². The topological polar surface area (TPSA) is 44.0 Å². The molecule has 1 aromatic heterocycles. The summed E-state index contributed by atoms with van der Waals surface area (Å²) >= 11 is 0. The van der Waals surface area contributed by atoms with Crippen LogP contribution in [0.4, 0.5) is 5.69 Å². The summed E-state index contributed by atoms with van der Waals surface area (Å²) in [6.07, 6.45) is 4.48. The minimum atomic E-state index is 0.783. The average Bonchev–Trinajstić information content (AvgIpc) is 3.11. The molecule has 0 amide bonds. The molecule has 0 spiro atoms. The van der Waals surface area contributed by atoms with Gasteiger partial charge >= 0.3 is 0 Å². The van der Waals surface area contributed by atoms with E-state index in [9.17, 15) is 0 Å². The Bertz CT molecular complexity index is 483. The number of nitrogens with zero attached hydrogens (tertiary/aromatic N) is 2. The van der Waals surface area contributed by atoms with Crippen LogP contribution in [-0.4, -0.2) is 28.2 Å². The minimum Gasteiger partial charge on any atom is -0.379 e. The Balaban J connectivity index is 1.53. The van der Waals surface area contributed by atoms with E-state index in [0.29, 0.717) is 0 Å². The molecule has 19 heavy (non-hydrogen) atoms. The van der Waals surface area contributed by atoms with Gasteiger partial charge in [-0.15, -0.1) is 0 Å². The summed E-state index contributed by atoms with van der Waals surface area (Å²) < 4.78 is 0. The highest BCUT2D eigenvalue weighted by Crippen LogP contribution is 2.15. The number of benzene rings is 1. The standard InChI is InChI=1S/C15H20N4/c1-2-10-19(9-1)12-13-3-5-14(6-4-13)16-11-15-7-8-17-18-15/h3-8,16H,1-2,9-12H2,(H,17,18). The lowest BCUT2D eigenvalue weighted by atomic mass is 10.2. The third-order valence-electron chi connectivity index (χ3n) is 3.60. The van der Waals surface area contributed by atoms with E-state index in [1.54, 1.807) is 6.20 Å². The lowest BCUT2D eigenvalue weighted by molar-refractivity contribution is 0.331. The largest absolute Gasteiger partial charge is 0.379 e. The van der Waals surface area contributed by atoms with Crippen LogP contribution in [0.1, 0.15) is 24.1 Å². The molecule has 1 aliphatic rings. The molecule has 1 aliphatic heterocycles. The summed E-state index contributed by atoms with van der Waals surface area (Å²) in [4.78, 5) is 2.52. The second-order valence-electron chi connectivity index (χ2n) is 5.12. The van der Waals surface area contributed by atoms with Crippen molar-refractivity contribution in [1.29, 1.82) is 0 Å². The van der Waals surface area contributed by atoms with Crippen molar-refractivity contribution in [2.24, 2.45) is 0 Å². The van der Waals surface area contributed by atoms with Crippen LogP contribution in [0.15, 0.2) is 36.5 Å². The van der Waals surface area contributed by atoms with Gasteiger partial charge in [0.2, 0.25) is 0 Å². The first-order valence-corrected chi connectivity index (χ1v) is 6.93. The quantitative estimate of drug-likeness (QED) is 0.864. The summed E-state index contributed by atoms with van der Waals surface area (Å²) in [5, 5.41) is 10.3. The zero-order chi connectivity index (χ0) is 12.9. The van der Waals surface area contributed by atoms with Crippen LogP contribution in [0.3, 0.4) is 0 Å². The summed E-state index contributed by atoms with van der Waals surface area (Å²) in [5.74, 6) is 0. The molecule has 0 aliphatic carbocycles. The Morgan fingerprint density at radius 1 is 1.11 bits per heavy atom. The Hall–Kier alpha value is -1.81. The second kappa shape index (κ2) is 5.89. The molecule has 4 heteroatoms. The van der Waals surface area contributed by atoms with Crippen molar-refractivity contribution in [1.82, 2.24) is 15.1 Å². The first-order valence-electron chi connectivity index (χ1n) is 6.93. The average molecular weight is 256 g/mol. The van der Waals surface area contributed by atoms with Crippen LogP contribution < -0.4 is 5.32 Å². The lowest BCUT2D eigenvalue weighted by Crippen LogP contribution is -2.18. The monoisotopic (exact) mass is 256 g/mol. The molecule has 0 unspecified atom stereocenters. The lowest BCUT2D eigenvalue weighted by Gasteiger charge is -2.14. The Morgan fingerprint density at radius 2 is 1.89 bits per heavy atom. The fourth-order valence-electron chi connectivity index (χ4n) is 2.51. The third-order valence-corrected chi connectivity index (χ3v) is 3.60. The molecule has 2 heterocycles. The smallest absolute Gasteiger partial charge is 0.0567 e. The Labute approximate surface area is 113 Å². The normalized spacial score (nSPS) is 15.8. The van der Waals surface area contributed by atoms with Gasteiger partial charge in [-0.25, -0.2) is 0 Å². The summed E-state index contributed by atoms with van der Waals surface area (Å²) in [7, 11) is 0. The van der Waals surface area contributed by atoms with Crippen molar-refractivity contribution in [2.45, 2.75) is 25.9 Å². The second-order valence-corrected chi connectivity index (χ2v) is 5.12. The van der Waals surface area contributed by atoms with Crippen LogP contribution in [0, 0.1) is 0 Å². The van der Waals surface area contributed by atoms with Gasteiger partial charge in [-0.3, -0.25) is 10.00 Å². The first-order chi connectivity index (χ1) is 9.40. The highest BCUT2D eigenvalue weighted by Gasteiger charge is 2.11. The van der Waals surface area contributed by atoms with Crippen molar-refractivity contribution in [3.05, 3.63) is 47.8 Å². The predicted octanol–water partition coefficient (Wildman–Crippen LogP) is 2.62. The number of likely N-dealkylation sites (tertiary alicyclic amines) is 1. The van der Waals surface area contributed by atoms with E-state index in [1.807, 2.05) is 6.07 Å². The van der Waals surface area contributed by atoms with Gasteiger partial charge in [-0.2, -0.15) is 5.10 Å². The molecule has 1 aromatic carbocycles. The molecule has 3 rings (SSSR count). The van der Waals surface area contributed by atoms with E-state index in [2.05, 4.69) is 44.7 Å². The maximum atomic E-state index is 3.94. The number of hydrogen-bond donors (Lipinski definition) is 2. The van der Waals surface area contributed by atoms with E-state index in [-0.39, 0.29) is 0 Å². The molecule has 100 valence electrons. The van der Waals surface area contributed by atoms with Crippen molar-refractivity contribution in [3.8, 4) is 0 Å². The number of anilines is 1. The van der Waals surface area contributed by atoms with Gasteiger partial charge in [0, 0.05) is 18.4 Å². The zero-order valence-electron chi connectivity index (χ0n) is 11.1. The molecule has 1 fully saturated rings. The SMILES string of the molecule is c1cc(CNc2ccc(CN3CCCC3)cc2)[nH]n1.